The summed E-state index contributed by atoms with van der Waals surface area (Å²) in [5.74, 6) is 0.352. The molecular formula is C12H20N4OS. The number of thiazole rings is 1. The first-order chi connectivity index (χ1) is 8.54. The van der Waals surface area contributed by atoms with Gasteiger partial charge in [-0.05, 0) is 33.1 Å². The summed E-state index contributed by atoms with van der Waals surface area (Å²) in [5.41, 5.74) is 5.83. The fourth-order valence-corrected chi connectivity index (χ4v) is 3.31. The van der Waals surface area contributed by atoms with Crippen molar-refractivity contribution in [2.24, 2.45) is 0 Å². The third kappa shape index (κ3) is 2.29. The van der Waals surface area contributed by atoms with E-state index in [4.69, 9.17) is 5.73 Å². The lowest BCUT2D eigenvalue weighted by Crippen LogP contribution is -2.47. The van der Waals surface area contributed by atoms with Gasteiger partial charge in [-0.2, -0.15) is 0 Å². The lowest BCUT2D eigenvalue weighted by molar-refractivity contribution is 0.0516. The van der Waals surface area contributed by atoms with Gasteiger partial charge in [0.15, 0.2) is 5.13 Å². The largest absolute Gasteiger partial charge is 0.382 e. The first-order valence-corrected chi connectivity index (χ1v) is 7.13. The van der Waals surface area contributed by atoms with Gasteiger partial charge in [0.05, 0.1) is 0 Å². The minimum atomic E-state index is 0.0196. The van der Waals surface area contributed by atoms with Crippen molar-refractivity contribution >= 4 is 28.2 Å². The van der Waals surface area contributed by atoms with Crippen molar-refractivity contribution in [1.82, 2.24) is 9.88 Å². The van der Waals surface area contributed by atoms with Crippen LogP contribution in [0.4, 0.5) is 10.9 Å². The highest BCUT2D eigenvalue weighted by Gasteiger charge is 2.31. The van der Waals surface area contributed by atoms with Gasteiger partial charge >= 0.3 is 0 Å². The van der Waals surface area contributed by atoms with Crippen LogP contribution in [0.5, 0.6) is 0 Å². The topological polar surface area (TPSA) is 71.2 Å². The molecule has 2 rings (SSSR count). The molecule has 0 spiro atoms. The van der Waals surface area contributed by atoms with E-state index in [1.54, 1.807) is 7.05 Å². The molecule has 0 aromatic carbocycles. The Balaban J connectivity index is 2.26. The summed E-state index contributed by atoms with van der Waals surface area (Å²) in [6.07, 6.45) is 3.31. The summed E-state index contributed by atoms with van der Waals surface area (Å²) >= 11 is 1.33. The van der Waals surface area contributed by atoms with E-state index in [0.29, 0.717) is 15.8 Å². The molecule has 5 nitrogen and oxygen atoms in total. The third-order valence-electron chi connectivity index (χ3n) is 3.49. The summed E-state index contributed by atoms with van der Waals surface area (Å²) in [6, 6.07) is 0.557. The van der Waals surface area contributed by atoms with Crippen molar-refractivity contribution in [3.8, 4) is 0 Å². The summed E-state index contributed by atoms with van der Waals surface area (Å²) in [5, 5.41) is 3.61. The first kappa shape index (κ1) is 13.1. The average molecular weight is 268 g/mol. The summed E-state index contributed by atoms with van der Waals surface area (Å²) in [7, 11) is 1.78. The van der Waals surface area contributed by atoms with Gasteiger partial charge in [0.1, 0.15) is 10.7 Å². The number of nitrogens with two attached hydrogens (primary N) is 1. The van der Waals surface area contributed by atoms with Crippen molar-refractivity contribution in [2.45, 2.75) is 45.2 Å². The van der Waals surface area contributed by atoms with Crippen LogP contribution in [0.2, 0.25) is 0 Å². The molecule has 18 heavy (non-hydrogen) atoms. The zero-order valence-corrected chi connectivity index (χ0v) is 11.9. The van der Waals surface area contributed by atoms with E-state index in [1.807, 2.05) is 4.90 Å². The smallest absolute Gasteiger partial charge is 0.268 e. The number of piperidine rings is 1. The van der Waals surface area contributed by atoms with Crippen LogP contribution in [0.25, 0.3) is 0 Å². The Morgan fingerprint density at radius 3 is 2.56 bits per heavy atom. The number of hydrogen-bond donors (Lipinski definition) is 2. The molecule has 1 saturated heterocycles. The highest BCUT2D eigenvalue weighted by molar-refractivity contribution is 7.18. The molecule has 0 radical (unpaired) electrons. The van der Waals surface area contributed by atoms with Gasteiger partial charge in [0.25, 0.3) is 5.91 Å². The monoisotopic (exact) mass is 268 g/mol. The Morgan fingerprint density at radius 1 is 1.44 bits per heavy atom. The van der Waals surface area contributed by atoms with Crippen LogP contribution in [0.3, 0.4) is 0 Å². The Bertz CT molecular complexity index is 435. The normalized spacial score (nSPS) is 24.1. The Kier molecular flexibility index (Phi) is 3.75. The number of aromatic nitrogens is 1. The highest BCUT2D eigenvalue weighted by atomic mass is 32.1. The van der Waals surface area contributed by atoms with Gasteiger partial charge in [-0.1, -0.05) is 11.3 Å². The van der Waals surface area contributed by atoms with Crippen molar-refractivity contribution in [3.05, 3.63) is 4.88 Å². The number of nitrogens with one attached hydrogen (secondary N) is 1. The molecule has 0 aliphatic carbocycles. The van der Waals surface area contributed by atoms with E-state index in [0.717, 1.165) is 12.8 Å². The number of carbonyl (C=O) groups excluding carboxylic acids is 1. The number of amides is 1. The molecule has 0 unspecified atom stereocenters. The predicted molar refractivity (Wildman–Crippen MR) is 75.0 cm³/mol. The van der Waals surface area contributed by atoms with E-state index in [9.17, 15) is 4.79 Å². The molecule has 0 bridgehead atoms. The average Bonchev–Trinajstić information content (AvgIpc) is 2.70. The van der Waals surface area contributed by atoms with Gasteiger partial charge in [-0.3, -0.25) is 4.79 Å². The minimum absolute atomic E-state index is 0.0196. The maximum atomic E-state index is 12.6. The zero-order chi connectivity index (χ0) is 13.3. The van der Waals surface area contributed by atoms with Crippen molar-refractivity contribution in [2.75, 3.05) is 18.1 Å². The zero-order valence-electron chi connectivity index (χ0n) is 11.1. The molecule has 1 aromatic rings. The maximum absolute atomic E-state index is 12.6. The molecule has 100 valence electrons. The first-order valence-electron chi connectivity index (χ1n) is 6.31. The molecule has 0 saturated carbocycles. The SMILES string of the molecule is CNc1nc(N)c(C(=O)N2[C@H](C)CCC[C@@H]2C)s1. The van der Waals surface area contributed by atoms with Crippen LogP contribution in [0.1, 0.15) is 42.8 Å². The summed E-state index contributed by atoms with van der Waals surface area (Å²) in [4.78, 5) is 19.2. The predicted octanol–water partition coefficient (Wildman–Crippen LogP) is 2.17. The number of carbonyl (C=O) groups is 1. The quantitative estimate of drug-likeness (QED) is 0.862. The fraction of sp³-hybridized carbons (Fsp3) is 0.667. The Hall–Kier alpha value is -1.30. The minimum Gasteiger partial charge on any atom is -0.382 e. The van der Waals surface area contributed by atoms with E-state index in [1.165, 1.54) is 17.8 Å². The van der Waals surface area contributed by atoms with E-state index < -0.39 is 0 Å². The lowest BCUT2D eigenvalue weighted by Gasteiger charge is -2.38. The number of nitrogens with zero attached hydrogens (tertiary/aromatic N) is 2. The second-order valence-electron chi connectivity index (χ2n) is 4.82. The van der Waals surface area contributed by atoms with E-state index >= 15 is 0 Å². The van der Waals surface area contributed by atoms with Crippen LogP contribution >= 0.6 is 11.3 Å². The van der Waals surface area contributed by atoms with Gasteiger partial charge in [0, 0.05) is 19.1 Å². The number of rotatable bonds is 2. The Morgan fingerprint density at radius 2 is 2.06 bits per heavy atom. The highest BCUT2D eigenvalue weighted by Crippen LogP contribution is 2.30. The molecule has 2 heterocycles. The van der Waals surface area contributed by atoms with Crippen molar-refractivity contribution < 1.29 is 4.79 Å². The standard InChI is InChI=1S/C12H20N4OS/c1-7-5-4-6-8(2)16(7)11(17)9-10(13)15-12(14-3)18-9/h7-8H,4-6,13H2,1-3H3,(H,14,15)/t7-,8+. The number of nitrogen functional groups attached to an aromatic ring is 1. The maximum Gasteiger partial charge on any atom is 0.268 e. The van der Waals surface area contributed by atoms with Gasteiger partial charge < -0.3 is 16.0 Å². The molecule has 1 aliphatic heterocycles. The third-order valence-corrected chi connectivity index (χ3v) is 4.57. The van der Waals surface area contributed by atoms with Crippen molar-refractivity contribution in [1.29, 1.82) is 0 Å². The van der Waals surface area contributed by atoms with Crippen LogP contribution in [0, 0.1) is 0 Å². The second kappa shape index (κ2) is 5.14. The van der Waals surface area contributed by atoms with Crippen molar-refractivity contribution in [3.63, 3.8) is 0 Å². The number of likely N-dealkylation sites (tertiary alicyclic amines) is 1. The van der Waals surface area contributed by atoms with Gasteiger partial charge in [0.2, 0.25) is 0 Å². The molecule has 1 aromatic heterocycles. The molecule has 1 fully saturated rings. The molecule has 3 N–H and O–H groups in total. The molecule has 1 aliphatic rings. The molecule has 6 heteroatoms. The van der Waals surface area contributed by atoms with Gasteiger partial charge in [-0.15, -0.1) is 0 Å². The lowest BCUT2D eigenvalue weighted by atomic mass is 9.97. The molecule has 1 amide bonds. The Labute approximate surface area is 111 Å². The van der Waals surface area contributed by atoms with E-state index in [-0.39, 0.29) is 18.0 Å². The summed E-state index contributed by atoms with van der Waals surface area (Å²) < 4.78 is 0. The second-order valence-corrected chi connectivity index (χ2v) is 5.82. The fourth-order valence-electron chi connectivity index (χ4n) is 2.53. The van der Waals surface area contributed by atoms with E-state index in [2.05, 4.69) is 24.1 Å². The molecule has 2 atom stereocenters. The summed E-state index contributed by atoms with van der Waals surface area (Å²) in [6.45, 7) is 4.20. The number of hydrogen-bond acceptors (Lipinski definition) is 5. The van der Waals surface area contributed by atoms with Crippen LogP contribution in [0.15, 0.2) is 0 Å². The van der Waals surface area contributed by atoms with Gasteiger partial charge in [-0.25, -0.2) is 4.98 Å². The van der Waals surface area contributed by atoms with Crippen LogP contribution in [-0.2, 0) is 0 Å². The van der Waals surface area contributed by atoms with Crippen LogP contribution in [-0.4, -0.2) is 34.9 Å². The van der Waals surface area contributed by atoms with Crippen LogP contribution < -0.4 is 11.1 Å². The number of anilines is 2. The molecular weight excluding hydrogens is 248 g/mol.